The van der Waals surface area contributed by atoms with Crippen LogP contribution < -0.4 is 5.56 Å². The topological polar surface area (TPSA) is 70.2 Å². The molecule has 11 heavy (non-hydrogen) atoms. The third kappa shape index (κ3) is 1.40. The molecular formula is C6H4ClNO3. The number of aromatic hydroxyl groups is 1. The molecule has 0 aromatic carbocycles. The van der Waals surface area contributed by atoms with Crippen LogP contribution in [-0.2, 0) is 0 Å². The van der Waals surface area contributed by atoms with Gasteiger partial charge in [-0.1, -0.05) is 11.6 Å². The number of aromatic amines is 1. The number of carbonyl (C=O) groups is 1. The summed E-state index contributed by atoms with van der Waals surface area (Å²) in [7, 11) is 0. The number of aldehydes is 1. The van der Waals surface area contributed by atoms with E-state index < -0.39 is 11.3 Å². The van der Waals surface area contributed by atoms with Crippen molar-refractivity contribution in [3.8, 4) is 5.75 Å². The summed E-state index contributed by atoms with van der Waals surface area (Å²) in [6.07, 6.45) is 0.406. The predicted molar refractivity (Wildman–Crippen MR) is 39.1 cm³/mol. The summed E-state index contributed by atoms with van der Waals surface area (Å²) in [5, 5.41) is 8.80. The highest BCUT2D eigenvalue weighted by Crippen LogP contribution is 2.13. The van der Waals surface area contributed by atoms with Crippen LogP contribution in [0.4, 0.5) is 0 Å². The highest BCUT2D eigenvalue weighted by Gasteiger charge is 2.03. The van der Waals surface area contributed by atoms with Crippen LogP contribution in [0.2, 0.25) is 5.02 Å². The molecule has 0 fully saturated rings. The summed E-state index contributed by atoms with van der Waals surface area (Å²) >= 11 is 5.44. The zero-order valence-corrected chi connectivity index (χ0v) is 6.05. The first-order chi connectivity index (χ1) is 5.15. The maximum atomic E-state index is 10.6. The molecule has 0 saturated heterocycles. The lowest BCUT2D eigenvalue weighted by Crippen LogP contribution is -2.07. The molecule has 1 aromatic rings. The van der Waals surface area contributed by atoms with Gasteiger partial charge in [-0.3, -0.25) is 9.59 Å². The van der Waals surface area contributed by atoms with Gasteiger partial charge in [-0.2, -0.15) is 0 Å². The minimum Gasteiger partial charge on any atom is -0.503 e. The number of halogens is 1. The van der Waals surface area contributed by atoms with Gasteiger partial charge in [-0.05, 0) is 0 Å². The minimum absolute atomic E-state index is 0.0251. The second kappa shape index (κ2) is 2.75. The molecule has 0 unspecified atom stereocenters. The Labute approximate surface area is 66.4 Å². The maximum Gasteiger partial charge on any atom is 0.290 e. The van der Waals surface area contributed by atoms with E-state index in [0.29, 0.717) is 6.29 Å². The van der Waals surface area contributed by atoms with Crippen molar-refractivity contribution in [1.29, 1.82) is 0 Å². The fourth-order valence-electron chi connectivity index (χ4n) is 0.595. The van der Waals surface area contributed by atoms with Crippen LogP contribution in [0.5, 0.6) is 5.75 Å². The summed E-state index contributed by atoms with van der Waals surface area (Å²) in [6, 6.07) is 1.02. The quantitative estimate of drug-likeness (QED) is 0.610. The number of H-pyrrole nitrogens is 1. The van der Waals surface area contributed by atoms with E-state index in [1.807, 2.05) is 0 Å². The van der Waals surface area contributed by atoms with Crippen molar-refractivity contribution in [2.75, 3.05) is 0 Å². The Kier molecular flexibility index (Phi) is 1.96. The largest absolute Gasteiger partial charge is 0.503 e. The van der Waals surface area contributed by atoms with Crippen LogP contribution in [0.15, 0.2) is 10.9 Å². The SMILES string of the molecule is O=Cc1[nH]c(=O)c(O)cc1Cl. The van der Waals surface area contributed by atoms with Crippen molar-refractivity contribution in [1.82, 2.24) is 4.98 Å². The van der Waals surface area contributed by atoms with Gasteiger partial charge in [0.2, 0.25) is 0 Å². The first-order valence-corrected chi connectivity index (χ1v) is 3.10. The Morgan fingerprint density at radius 2 is 2.27 bits per heavy atom. The summed E-state index contributed by atoms with van der Waals surface area (Å²) in [5.41, 5.74) is -0.758. The van der Waals surface area contributed by atoms with Crippen LogP contribution in [0.25, 0.3) is 0 Å². The van der Waals surface area contributed by atoms with Crippen molar-refractivity contribution < 1.29 is 9.90 Å². The third-order valence-electron chi connectivity index (χ3n) is 1.12. The predicted octanol–water partition coefficient (Wildman–Crippen LogP) is 0.546. The smallest absolute Gasteiger partial charge is 0.290 e. The van der Waals surface area contributed by atoms with E-state index in [0.717, 1.165) is 6.07 Å². The van der Waals surface area contributed by atoms with E-state index in [1.54, 1.807) is 0 Å². The van der Waals surface area contributed by atoms with Gasteiger partial charge in [-0.25, -0.2) is 0 Å². The molecule has 0 spiro atoms. The van der Waals surface area contributed by atoms with Crippen LogP contribution in [0.3, 0.4) is 0 Å². The van der Waals surface area contributed by atoms with Gasteiger partial charge >= 0.3 is 0 Å². The number of pyridine rings is 1. The summed E-state index contributed by atoms with van der Waals surface area (Å²) in [5.74, 6) is -0.499. The van der Waals surface area contributed by atoms with E-state index in [1.165, 1.54) is 0 Å². The Hall–Kier alpha value is -1.29. The fraction of sp³-hybridized carbons (Fsp3) is 0. The number of aromatic nitrogens is 1. The van der Waals surface area contributed by atoms with Gasteiger partial charge in [0.25, 0.3) is 5.56 Å². The van der Waals surface area contributed by atoms with Crippen LogP contribution >= 0.6 is 11.6 Å². The zero-order chi connectivity index (χ0) is 8.43. The standard InChI is InChI=1S/C6H4ClNO3/c7-3-1-5(10)6(11)8-4(3)2-9/h1-2,10H,(H,8,11). The average Bonchev–Trinajstić information content (AvgIpc) is 1.97. The van der Waals surface area contributed by atoms with Crippen molar-refractivity contribution in [2.24, 2.45) is 0 Å². The number of rotatable bonds is 1. The van der Waals surface area contributed by atoms with Crippen molar-refractivity contribution >= 4 is 17.9 Å². The molecule has 2 N–H and O–H groups in total. The molecule has 1 heterocycles. The molecule has 0 amide bonds. The van der Waals surface area contributed by atoms with Gasteiger partial charge in [0.05, 0.1) is 5.02 Å². The third-order valence-corrected chi connectivity index (χ3v) is 1.43. The summed E-state index contributed by atoms with van der Waals surface area (Å²) < 4.78 is 0. The van der Waals surface area contributed by atoms with E-state index in [-0.39, 0.29) is 10.7 Å². The highest BCUT2D eigenvalue weighted by atomic mass is 35.5. The molecule has 0 aliphatic carbocycles. The van der Waals surface area contributed by atoms with E-state index in [2.05, 4.69) is 4.98 Å². The van der Waals surface area contributed by atoms with Gasteiger partial charge in [0.15, 0.2) is 12.0 Å². The van der Waals surface area contributed by atoms with E-state index in [9.17, 15) is 9.59 Å². The van der Waals surface area contributed by atoms with Crippen molar-refractivity contribution in [3.05, 3.63) is 27.1 Å². The molecule has 5 heteroatoms. The molecule has 0 aliphatic heterocycles. The fourth-order valence-corrected chi connectivity index (χ4v) is 0.790. The molecule has 58 valence electrons. The number of nitrogens with one attached hydrogen (secondary N) is 1. The van der Waals surface area contributed by atoms with E-state index in [4.69, 9.17) is 16.7 Å². The molecule has 1 rings (SSSR count). The second-order valence-electron chi connectivity index (χ2n) is 1.86. The first-order valence-electron chi connectivity index (χ1n) is 2.72. The molecule has 0 aliphatic rings. The molecule has 0 radical (unpaired) electrons. The lowest BCUT2D eigenvalue weighted by atomic mass is 10.3. The second-order valence-corrected chi connectivity index (χ2v) is 2.27. The molecule has 0 saturated carbocycles. The molecular weight excluding hydrogens is 170 g/mol. The zero-order valence-electron chi connectivity index (χ0n) is 5.30. The Morgan fingerprint density at radius 3 is 2.82 bits per heavy atom. The number of hydrogen-bond donors (Lipinski definition) is 2. The summed E-state index contributed by atoms with van der Waals surface area (Å²) in [6.45, 7) is 0. The Morgan fingerprint density at radius 1 is 1.64 bits per heavy atom. The monoisotopic (exact) mass is 173 g/mol. The van der Waals surface area contributed by atoms with Gasteiger partial charge in [-0.15, -0.1) is 0 Å². The number of carbonyl (C=O) groups excluding carboxylic acids is 1. The lowest BCUT2D eigenvalue weighted by molar-refractivity contribution is 0.111. The maximum absolute atomic E-state index is 10.6. The minimum atomic E-state index is -0.725. The molecule has 4 nitrogen and oxygen atoms in total. The Bertz CT molecular complexity index is 344. The molecule has 0 atom stereocenters. The van der Waals surface area contributed by atoms with Gasteiger partial charge < -0.3 is 10.1 Å². The molecule has 1 aromatic heterocycles. The first kappa shape index (κ1) is 7.81. The van der Waals surface area contributed by atoms with Crippen LogP contribution in [-0.4, -0.2) is 16.4 Å². The highest BCUT2D eigenvalue weighted by molar-refractivity contribution is 6.32. The van der Waals surface area contributed by atoms with Crippen molar-refractivity contribution in [3.63, 3.8) is 0 Å². The normalized spacial score (nSPS) is 9.55. The number of hydrogen-bond acceptors (Lipinski definition) is 3. The van der Waals surface area contributed by atoms with Crippen LogP contribution in [0.1, 0.15) is 10.5 Å². The van der Waals surface area contributed by atoms with Gasteiger partial charge in [0.1, 0.15) is 5.69 Å². The van der Waals surface area contributed by atoms with Gasteiger partial charge in [0, 0.05) is 6.07 Å². The summed E-state index contributed by atoms with van der Waals surface area (Å²) in [4.78, 5) is 22.9. The average molecular weight is 174 g/mol. The van der Waals surface area contributed by atoms with Crippen LogP contribution in [0, 0.1) is 0 Å². The van der Waals surface area contributed by atoms with E-state index >= 15 is 0 Å². The lowest BCUT2D eigenvalue weighted by Gasteiger charge is -1.94. The van der Waals surface area contributed by atoms with Crippen molar-refractivity contribution in [2.45, 2.75) is 0 Å². The Balaban J connectivity index is 3.44. The molecule has 0 bridgehead atoms.